The van der Waals surface area contributed by atoms with Crippen LogP contribution in [-0.4, -0.2) is 63.5 Å². The summed E-state index contributed by atoms with van der Waals surface area (Å²) in [4.78, 5) is 37.6. The first-order valence-electron chi connectivity index (χ1n) is 16.8. The number of carboxylic acid groups (broad SMARTS) is 1. The average Bonchev–Trinajstić information content (AvgIpc) is 3.66. The highest BCUT2D eigenvalue weighted by Gasteiger charge is 2.47. The molecule has 0 saturated carbocycles. The zero-order valence-electron chi connectivity index (χ0n) is 27.9. The molecule has 0 spiro atoms. The Morgan fingerprint density at radius 3 is 2.25 bits per heavy atom. The maximum Gasteiger partial charge on any atom is 0.471 e. The third-order valence-electron chi connectivity index (χ3n) is 9.18. The van der Waals surface area contributed by atoms with E-state index in [-0.39, 0.29) is 43.9 Å². The molecule has 4 aromatic carbocycles. The van der Waals surface area contributed by atoms with E-state index in [9.17, 15) is 37.8 Å². The highest BCUT2D eigenvalue weighted by Crippen LogP contribution is 2.40. The Hall–Kier alpha value is -4.69. The number of hydrogen-bond acceptors (Lipinski definition) is 7. The number of aliphatic hydroxyl groups is 1. The van der Waals surface area contributed by atoms with Gasteiger partial charge in [-0.2, -0.15) is 13.2 Å². The number of carbonyl (C=O) groups excluding carboxylic acids is 2. The molecule has 2 amide bonds. The summed E-state index contributed by atoms with van der Waals surface area (Å²) < 4.78 is 52.2. The lowest BCUT2D eigenvalue weighted by Crippen LogP contribution is -2.50. The Balaban J connectivity index is 1.16. The van der Waals surface area contributed by atoms with Gasteiger partial charge in [-0.3, -0.25) is 9.59 Å². The van der Waals surface area contributed by atoms with E-state index >= 15 is 0 Å². The third-order valence-corrected chi connectivity index (χ3v) is 10.3. The molecule has 0 aliphatic carbocycles. The highest BCUT2D eigenvalue weighted by molar-refractivity contribution is 7.99. The molecular formula is C39H37F3N2O7S. The standard InChI is InChI=1S/C39H37F3N2O7S/c40-39(41,42)38(49)44-19-3-6-33(44)35(46)43-21-29-4-1-2-5-32(29)25-11-13-28(14-12-25)37-50-30(23-52-31-17-15-27(16-18-31)36(47)48)20-34(51-37)26-9-7-24(22-45)8-10-26/h1-2,4-5,7-18,30,33-34,37,45H,3,6,19-23H2,(H,43,46)(H,47,48). The van der Waals surface area contributed by atoms with E-state index in [1.165, 1.54) is 0 Å². The minimum atomic E-state index is -5.04. The fourth-order valence-electron chi connectivity index (χ4n) is 6.43. The second-order valence-electron chi connectivity index (χ2n) is 12.6. The monoisotopic (exact) mass is 734 g/mol. The molecule has 4 unspecified atom stereocenters. The first kappa shape index (κ1) is 37.1. The van der Waals surface area contributed by atoms with Gasteiger partial charge in [0.25, 0.3) is 0 Å². The number of rotatable bonds is 11. The lowest BCUT2D eigenvalue weighted by atomic mass is 9.97. The molecular weight excluding hydrogens is 697 g/mol. The van der Waals surface area contributed by atoms with Crippen LogP contribution < -0.4 is 5.32 Å². The van der Waals surface area contributed by atoms with Crippen molar-refractivity contribution in [1.82, 2.24) is 10.2 Å². The van der Waals surface area contributed by atoms with E-state index in [0.717, 1.165) is 38.3 Å². The zero-order chi connectivity index (χ0) is 36.8. The van der Waals surface area contributed by atoms with Gasteiger partial charge in [0, 0.05) is 35.7 Å². The predicted molar refractivity (Wildman–Crippen MR) is 187 cm³/mol. The van der Waals surface area contributed by atoms with Crippen LogP contribution in [0.3, 0.4) is 0 Å². The molecule has 2 heterocycles. The van der Waals surface area contributed by atoms with Crippen LogP contribution in [0.25, 0.3) is 11.1 Å². The molecule has 4 atom stereocenters. The van der Waals surface area contributed by atoms with Gasteiger partial charge in [-0.15, -0.1) is 11.8 Å². The summed E-state index contributed by atoms with van der Waals surface area (Å²) in [6.07, 6.45) is -5.19. The average molecular weight is 735 g/mol. The van der Waals surface area contributed by atoms with Crippen molar-refractivity contribution in [1.29, 1.82) is 0 Å². The Labute approximate surface area is 302 Å². The van der Waals surface area contributed by atoms with E-state index in [2.05, 4.69) is 5.32 Å². The normalized spacial score (nSPS) is 20.4. The molecule has 0 aromatic heterocycles. The fraction of sp³-hybridized carbons (Fsp3) is 0.308. The number of nitrogens with zero attached hydrogens (tertiary/aromatic N) is 1. The van der Waals surface area contributed by atoms with Gasteiger partial charge < -0.3 is 29.9 Å². The van der Waals surface area contributed by atoms with Crippen molar-refractivity contribution < 1.29 is 47.2 Å². The maximum absolute atomic E-state index is 13.1. The first-order valence-corrected chi connectivity index (χ1v) is 17.8. The van der Waals surface area contributed by atoms with Crippen LogP contribution in [0.15, 0.2) is 102 Å². The molecule has 2 fully saturated rings. The number of thioether (sulfide) groups is 1. The van der Waals surface area contributed by atoms with Crippen molar-refractivity contribution >= 4 is 29.5 Å². The molecule has 272 valence electrons. The Bertz CT molecular complexity index is 1870. The van der Waals surface area contributed by atoms with Crippen molar-refractivity contribution in [3.63, 3.8) is 0 Å². The number of alkyl halides is 3. The zero-order valence-corrected chi connectivity index (χ0v) is 28.7. The summed E-state index contributed by atoms with van der Waals surface area (Å²) in [5.41, 5.74) is 5.14. The highest BCUT2D eigenvalue weighted by atomic mass is 32.2. The van der Waals surface area contributed by atoms with Crippen LogP contribution in [0.2, 0.25) is 0 Å². The SMILES string of the molecule is O=C(O)c1ccc(SCC2CC(c3ccc(CO)cc3)OC(c3ccc(-c4ccccc4CNC(=O)C4CCCN4C(=O)C(F)(F)F)cc3)O2)cc1. The second kappa shape index (κ2) is 16.3. The lowest BCUT2D eigenvalue weighted by Gasteiger charge is -2.36. The smallest absolute Gasteiger partial charge is 0.471 e. The summed E-state index contributed by atoms with van der Waals surface area (Å²) in [6, 6.07) is 28.1. The quantitative estimate of drug-likeness (QED) is 0.140. The molecule has 2 saturated heterocycles. The maximum atomic E-state index is 13.1. The summed E-state index contributed by atoms with van der Waals surface area (Å²) in [7, 11) is 0. The predicted octanol–water partition coefficient (Wildman–Crippen LogP) is 7.05. The summed E-state index contributed by atoms with van der Waals surface area (Å²) >= 11 is 1.56. The number of hydrogen-bond donors (Lipinski definition) is 3. The molecule has 9 nitrogen and oxygen atoms in total. The van der Waals surface area contributed by atoms with Crippen molar-refractivity contribution in [2.24, 2.45) is 0 Å². The molecule has 6 rings (SSSR count). The van der Waals surface area contributed by atoms with Gasteiger partial charge in [-0.1, -0.05) is 72.8 Å². The number of aliphatic hydroxyl groups excluding tert-OH is 1. The third kappa shape index (κ3) is 8.84. The molecule has 2 aliphatic heterocycles. The van der Waals surface area contributed by atoms with Crippen molar-refractivity contribution in [2.45, 2.75) is 68.0 Å². The molecule has 0 radical (unpaired) electrons. The van der Waals surface area contributed by atoms with Crippen molar-refractivity contribution in [2.75, 3.05) is 12.3 Å². The fourth-order valence-corrected chi connectivity index (χ4v) is 7.35. The Kier molecular flexibility index (Phi) is 11.6. The topological polar surface area (TPSA) is 125 Å². The molecule has 13 heteroatoms. The number of amides is 2. The molecule has 2 aliphatic rings. The van der Waals surface area contributed by atoms with E-state index in [1.807, 2.05) is 72.8 Å². The minimum Gasteiger partial charge on any atom is -0.478 e. The van der Waals surface area contributed by atoms with Crippen LogP contribution in [0, 0.1) is 0 Å². The van der Waals surface area contributed by atoms with Gasteiger partial charge in [0.05, 0.1) is 24.4 Å². The van der Waals surface area contributed by atoms with Gasteiger partial charge in [0.15, 0.2) is 6.29 Å². The van der Waals surface area contributed by atoms with E-state index in [4.69, 9.17) is 9.47 Å². The number of carbonyl (C=O) groups is 3. The summed E-state index contributed by atoms with van der Waals surface area (Å²) in [5, 5.41) is 21.5. The summed E-state index contributed by atoms with van der Waals surface area (Å²) in [5.74, 6) is -3.02. The van der Waals surface area contributed by atoms with Crippen LogP contribution in [0.5, 0.6) is 0 Å². The van der Waals surface area contributed by atoms with Crippen LogP contribution >= 0.6 is 11.8 Å². The van der Waals surface area contributed by atoms with Crippen LogP contribution in [0.1, 0.15) is 64.3 Å². The number of ether oxygens (including phenoxy) is 2. The van der Waals surface area contributed by atoms with E-state index in [1.54, 1.807) is 36.0 Å². The number of halogens is 3. The number of nitrogens with one attached hydrogen (secondary N) is 1. The van der Waals surface area contributed by atoms with Gasteiger partial charge >= 0.3 is 18.1 Å². The number of aromatic carboxylic acids is 1. The number of benzene rings is 4. The lowest BCUT2D eigenvalue weighted by molar-refractivity contribution is -0.245. The summed E-state index contributed by atoms with van der Waals surface area (Å²) in [6.45, 7) is -0.126. The van der Waals surface area contributed by atoms with Gasteiger partial charge in [0.2, 0.25) is 5.91 Å². The van der Waals surface area contributed by atoms with Gasteiger partial charge in [0.1, 0.15) is 6.04 Å². The Morgan fingerprint density at radius 1 is 0.885 bits per heavy atom. The van der Waals surface area contributed by atoms with Crippen molar-refractivity contribution in [3.8, 4) is 11.1 Å². The van der Waals surface area contributed by atoms with Crippen LogP contribution in [0.4, 0.5) is 13.2 Å². The first-order chi connectivity index (χ1) is 25.0. The van der Waals surface area contributed by atoms with E-state index < -0.39 is 36.3 Å². The van der Waals surface area contributed by atoms with E-state index in [0.29, 0.717) is 23.5 Å². The Morgan fingerprint density at radius 2 is 1.58 bits per heavy atom. The second-order valence-corrected chi connectivity index (χ2v) is 13.7. The van der Waals surface area contributed by atoms with Gasteiger partial charge in [-0.25, -0.2) is 4.79 Å². The van der Waals surface area contributed by atoms with Gasteiger partial charge in [-0.05, 0) is 64.9 Å². The molecule has 3 N–H and O–H groups in total. The van der Waals surface area contributed by atoms with Crippen LogP contribution in [-0.2, 0) is 32.2 Å². The van der Waals surface area contributed by atoms with Crippen molar-refractivity contribution in [3.05, 3.63) is 125 Å². The molecule has 52 heavy (non-hydrogen) atoms. The molecule has 4 aromatic rings. The molecule has 0 bridgehead atoms. The number of carboxylic acids is 1. The number of likely N-dealkylation sites (tertiary alicyclic amines) is 1. The minimum absolute atomic E-state index is 0.0608. The largest absolute Gasteiger partial charge is 0.478 e.